The minimum absolute atomic E-state index is 0.127. The lowest BCUT2D eigenvalue weighted by Gasteiger charge is -2.12. The van der Waals surface area contributed by atoms with E-state index in [4.69, 9.17) is 0 Å². The van der Waals surface area contributed by atoms with E-state index in [2.05, 4.69) is 29.7 Å². The molecule has 0 aromatic heterocycles. The van der Waals surface area contributed by atoms with Gasteiger partial charge in [0.25, 0.3) is 5.91 Å². The molecule has 5 heteroatoms. The van der Waals surface area contributed by atoms with Gasteiger partial charge in [0, 0.05) is 18.9 Å². The van der Waals surface area contributed by atoms with E-state index in [9.17, 15) is 9.59 Å². The molecular formula is C10H15N3O2. The molecule has 0 bridgehead atoms. The van der Waals surface area contributed by atoms with Crippen LogP contribution in [0.1, 0.15) is 33.1 Å². The number of rotatable bonds is 2. The average molecular weight is 209 g/mol. The molecule has 0 radical (unpaired) electrons. The SMILES string of the molecule is CC1(C)CC1NC(=O)C1=NNC(=O)CC1. The first kappa shape index (κ1) is 10.1. The zero-order chi connectivity index (χ0) is 11.1. The molecule has 1 aliphatic heterocycles. The van der Waals surface area contributed by atoms with Crippen molar-refractivity contribution >= 4 is 17.5 Å². The fraction of sp³-hybridized carbons (Fsp3) is 0.700. The van der Waals surface area contributed by atoms with Gasteiger partial charge in [0.15, 0.2) is 0 Å². The largest absolute Gasteiger partial charge is 0.348 e. The molecule has 15 heavy (non-hydrogen) atoms. The predicted octanol–water partition coefficient (Wildman–Crippen LogP) is 0.167. The molecule has 1 unspecified atom stereocenters. The molecular weight excluding hydrogens is 194 g/mol. The van der Waals surface area contributed by atoms with E-state index in [-0.39, 0.29) is 23.3 Å². The van der Waals surface area contributed by atoms with Gasteiger partial charge in [-0.25, -0.2) is 5.43 Å². The molecule has 2 N–H and O–H groups in total. The van der Waals surface area contributed by atoms with Crippen LogP contribution >= 0.6 is 0 Å². The molecule has 1 atom stereocenters. The molecule has 2 amide bonds. The van der Waals surface area contributed by atoms with Crippen molar-refractivity contribution in [2.24, 2.45) is 10.5 Å². The molecule has 1 aliphatic carbocycles. The highest BCUT2D eigenvalue weighted by Gasteiger charge is 2.46. The molecule has 2 aliphatic rings. The molecule has 1 fully saturated rings. The zero-order valence-electron chi connectivity index (χ0n) is 8.96. The molecule has 1 saturated carbocycles. The summed E-state index contributed by atoms with van der Waals surface area (Å²) < 4.78 is 0. The summed E-state index contributed by atoms with van der Waals surface area (Å²) >= 11 is 0. The first-order chi connectivity index (χ1) is 6.99. The third kappa shape index (κ3) is 2.16. The second-order valence-corrected chi connectivity index (χ2v) is 4.81. The maximum Gasteiger partial charge on any atom is 0.267 e. The van der Waals surface area contributed by atoms with Crippen LogP contribution in [-0.2, 0) is 9.59 Å². The van der Waals surface area contributed by atoms with Gasteiger partial charge in [0.1, 0.15) is 5.71 Å². The smallest absolute Gasteiger partial charge is 0.267 e. The van der Waals surface area contributed by atoms with Crippen LogP contribution in [0.15, 0.2) is 5.10 Å². The number of hydrogen-bond acceptors (Lipinski definition) is 3. The van der Waals surface area contributed by atoms with Gasteiger partial charge in [0.2, 0.25) is 5.91 Å². The van der Waals surface area contributed by atoms with Crippen LogP contribution in [0.5, 0.6) is 0 Å². The first-order valence-corrected chi connectivity index (χ1v) is 5.15. The van der Waals surface area contributed by atoms with Gasteiger partial charge >= 0.3 is 0 Å². The van der Waals surface area contributed by atoms with E-state index in [1.807, 2.05) is 0 Å². The summed E-state index contributed by atoms with van der Waals surface area (Å²) in [6.07, 6.45) is 1.80. The number of nitrogens with zero attached hydrogens (tertiary/aromatic N) is 1. The van der Waals surface area contributed by atoms with Gasteiger partial charge in [-0.3, -0.25) is 9.59 Å². The van der Waals surface area contributed by atoms with Crippen molar-refractivity contribution in [2.75, 3.05) is 0 Å². The monoisotopic (exact) mass is 209 g/mol. The molecule has 5 nitrogen and oxygen atoms in total. The van der Waals surface area contributed by atoms with Gasteiger partial charge in [-0.2, -0.15) is 5.10 Å². The number of carbonyl (C=O) groups excluding carboxylic acids is 2. The lowest BCUT2D eigenvalue weighted by atomic mass is 10.1. The topological polar surface area (TPSA) is 70.6 Å². The fourth-order valence-corrected chi connectivity index (χ4v) is 1.59. The fourth-order valence-electron chi connectivity index (χ4n) is 1.59. The van der Waals surface area contributed by atoms with Gasteiger partial charge in [-0.1, -0.05) is 13.8 Å². The molecule has 1 heterocycles. The highest BCUT2D eigenvalue weighted by Crippen LogP contribution is 2.44. The predicted molar refractivity (Wildman–Crippen MR) is 55.1 cm³/mol. The van der Waals surface area contributed by atoms with E-state index in [0.29, 0.717) is 18.6 Å². The molecule has 0 spiro atoms. The quantitative estimate of drug-likeness (QED) is 0.680. The Morgan fingerprint density at radius 1 is 1.53 bits per heavy atom. The van der Waals surface area contributed by atoms with Crippen molar-refractivity contribution in [1.82, 2.24) is 10.7 Å². The van der Waals surface area contributed by atoms with Crippen LogP contribution in [-0.4, -0.2) is 23.6 Å². The van der Waals surface area contributed by atoms with E-state index in [1.165, 1.54) is 0 Å². The highest BCUT2D eigenvalue weighted by atomic mass is 16.2. The third-order valence-electron chi connectivity index (χ3n) is 2.99. The number of amides is 2. The summed E-state index contributed by atoms with van der Waals surface area (Å²) in [6, 6.07) is 0.255. The van der Waals surface area contributed by atoms with Crippen LogP contribution in [0.4, 0.5) is 0 Å². The zero-order valence-corrected chi connectivity index (χ0v) is 8.96. The number of nitrogens with one attached hydrogen (secondary N) is 2. The van der Waals surface area contributed by atoms with E-state index in [0.717, 1.165) is 6.42 Å². The lowest BCUT2D eigenvalue weighted by Crippen LogP contribution is -2.38. The number of carbonyl (C=O) groups is 2. The normalized spacial score (nSPS) is 27.7. The summed E-state index contributed by atoms with van der Waals surface area (Å²) in [5.74, 6) is -0.274. The Labute approximate surface area is 88.3 Å². The van der Waals surface area contributed by atoms with Crippen molar-refractivity contribution in [2.45, 2.75) is 39.2 Å². The molecule has 0 saturated heterocycles. The van der Waals surface area contributed by atoms with Crippen molar-refractivity contribution in [3.8, 4) is 0 Å². The minimum atomic E-state index is -0.148. The number of hydrazone groups is 1. The maximum absolute atomic E-state index is 11.6. The summed E-state index contributed by atoms with van der Waals surface area (Å²) in [5.41, 5.74) is 2.96. The highest BCUT2D eigenvalue weighted by molar-refractivity contribution is 6.39. The van der Waals surface area contributed by atoms with Crippen LogP contribution < -0.4 is 10.7 Å². The lowest BCUT2D eigenvalue weighted by molar-refractivity contribution is -0.121. The Bertz CT molecular complexity index is 347. The van der Waals surface area contributed by atoms with Crippen LogP contribution in [0, 0.1) is 5.41 Å². The average Bonchev–Trinajstić information content (AvgIpc) is 2.74. The Kier molecular flexibility index (Phi) is 2.25. The summed E-state index contributed by atoms with van der Waals surface area (Å²) in [6.45, 7) is 4.23. The standard InChI is InChI=1S/C10H15N3O2/c1-10(2)5-7(10)11-9(15)6-3-4-8(14)13-12-6/h7H,3-5H2,1-2H3,(H,11,15)(H,13,14). The van der Waals surface area contributed by atoms with E-state index >= 15 is 0 Å². The molecule has 2 rings (SSSR count). The van der Waals surface area contributed by atoms with Crippen molar-refractivity contribution in [1.29, 1.82) is 0 Å². The molecule has 0 aromatic rings. The maximum atomic E-state index is 11.6. The summed E-state index contributed by atoms with van der Waals surface area (Å²) in [5, 5.41) is 6.65. The molecule has 0 aromatic carbocycles. The van der Waals surface area contributed by atoms with E-state index < -0.39 is 0 Å². The van der Waals surface area contributed by atoms with Gasteiger partial charge < -0.3 is 5.32 Å². The van der Waals surface area contributed by atoms with Crippen LogP contribution in [0.2, 0.25) is 0 Å². The minimum Gasteiger partial charge on any atom is -0.348 e. The Morgan fingerprint density at radius 3 is 2.67 bits per heavy atom. The Balaban J connectivity index is 1.89. The molecule has 82 valence electrons. The van der Waals surface area contributed by atoms with Gasteiger partial charge in [-0.15, -0.1) is 0 Å². The summed E-state index contributed by atoms with van der Waals surface area (Å²) in [7, 11) is 0. The van der Waals surface area contributed by atoms with Crippen molar-refractivity contribution in [3.05, 3.63) is 0 Å². The Hall–Kier alpha value is -1.39. The Morgan fingerprint density at radius 2 is 2.20 bits per heavy atom. The van der Waals surface area contributed by atoms with E-state index in [1.54, 1.807) is 0 Å². The van der Waals surface area contributed by atoms with Gasteiger partial charge in [-0.05, 0) is 11.8 Å². The van der Waals surface area contributed by atoms with Crippen molar-refractivity contribution < 1.29 is 9.59 Å². The van der Waals surface area contributed by atoms with Crippen LogP contribution in [0.25, 0.3) is 0 Å². The van der Waals surface area contributed by atoms with Crippen LogP contribution in [0.3, 0.4) is 0 Å². The van der Waals surface area contributed by atoms with Crippen molar-refractivity contribution in [3.63, 3.8) is 0 Å². The summed E-state index contributed by atoms with van der Waals surface area (Å²) in [4.78, 5) is 22.5. The first-order valence-electron chi connectivity index (χ1n) is 5.15. The number of hydrogen-bond donors (Lipinski definition) is 2. The second-order valence-electron chi connectivity index (χ2n) is 4.81. The third-order valence-corrected chi connectivity index (χ3v) is 2.99. The second kappa shape index (κ2) is 3.32. The van der Waals surface area contributed by atoms with Gasteiger partial charge in [0.05, 0.1) is 0 Å².